The van der Waals surface area contributed by atoms with E-state index in [4.69, 9.17) is 0 Å². The Morgan fingerprint density at radius 2 is 1.73 bits per heavy atom. The molecule has 1 N–H and O–H groups in total. The van der Waals surface area contributed by atoms with Crippen molar-refractivity contribution in [3.63, 3.8) is 0 Å². The summed E-state index contributed by atoms with van der Waals surface area (Å²) in [6.07, 6.45) is 1.97. The van der Waals surface area contributed by atoms with Crippen LogP contribution < -0.4 is 5.32 Å². The van der Waals surface area contributed by atoms with Crippen LogP contribution in [0.4, 0.5) is 0 Å². The Bertz CT molecular complexity index is 1110. The predicted octanol–water partition coefficient (Wildman–Crippen LogP) is 2.58. The summed E-state index contributed by atoms with van der Waals surface area (Å²) >= 11 is 0. The molecule has 0 saturated carbocycles. The van der Waals surface area contributed by atoms with E-state index in [9.17, 15) is 4.79 Å². The number of amides is 1. The van der Waals surface area contributed by atoms with Crippen LogP contribution in [0.2, 0.25) is 0 Å². The molecule has 4 aromatic rings. The quantitative estimate of drug-likeness (QED) is 0.514. The second-order valence-electron chi connectivity index (χ2n) is 7.11. The van der Waals surface area contributed by atoms with Crippen molar-refractivity contribution in [2.24, 2.45) is 0 Å². The van der Waals surface area contributed by atoms with Crippen molar-refractivity contribution in [2.75, 3.05) is 0 Å². The highest BCUT2D eigenvalue weighted by Gasteiger charge is 2.23. The van der Waals surface area contributed by atoms with E-state index in [1.54, 1.807) is 0 Å². The maximum atomic E-state index is 13.1. The van der Waals surface area contributed by atoms with Crippen molar-refractivity contribution >= 4 is 5.91 Å². The van der Waals surface area contributed by atoms with E-state index < -0.39 is 6.04 Å². The fraction of sp³-hybridized carbons (Fsp3) is 0.227. The fourth-order valence-electron chi connectivity index (χ4n) is 3.50. The van der Waals surface area contributed by atoms with Gasteiger partial charge < -0.3 is 5.32 Å². The molecule has 1 unspecified atom stereocenters. The normalized spacial score (nSPS) is 11.9. The molecule has 2 aromatic heterocycles. The number of carbonyl (C=O) groups excluding carboxylic acids is 1. The molecular formula is C22H23N7O. The molecule has 0 radical (unpaired) electrons. The van der Waals surface area contributed by atoms with E-state index >= 15 is 0 Å². The van der Waals surface area contributed by atoms with Crippen LogP contribution >= 0.6 is 0 Å². The van der Waals surface area contributed by atoms with E-state index in [-0.39, 0.29) is 5.91 Å². The number of hydrogen-bond donors (Lipinski definition) is 1. The van der Waals surface area contributed by atoms with Crippen molar-refractivity contribution < 1.29 is 4.79 Å². The third-order valence-electron chi connectivity index (χ3n) is 5.14. The number of aryl methyl sites for hydroxylation is 1. The molecule has 0 spiro atoms. The summed E-state index contributed by atoms with van der Waals surface area (Å²) in [5, 5.41) is 19.0. The second kappa shape index (κ2) is 8.69. The molecule has 2 heterocycles. The molecule has 1 atom stereocenters. The summed E-state index contributed by atoms with van der Waals surface area (Å²) < 4.78 is 3.40. The second-order valence-corrected chi connectivity index (χ2v) is 7.11. The zero-order valence-corrected chi connectivity index (χ0v) is 16.9. The van der Waals surface area contributed by atoms with Crippen molar-refractivity contribution in [1.82, 2.24) is 35.3 Å². The number of para-hydroxylation sites is 1. The molecule has 30 heavy (non-hydrogen) atoms. The maximum absolute atomic E-state index is 13.1. The number of nitrogens with one attached hydrogen (secondary N) is 1. The Kier molecular flexibility index (Phi) is 5.65. The van der Waals surface area contributed by atoms with E-state index in [1.165, 1.54) is 11.0 Å². The zero-order valence-electron chi connectivity index (χ0n) is 16.9. The van der Waals surface area contributed by atoms with E-state index in [2.05, 4.69) is 25.9 Å². The van der Waals surface area contributed by atoms with Crippen LogP contribution in [0.25, 0.3) is 5.69 Å². The largest absolute Gasteiger partial charge is 0.350 e. The minimum absolute atomic E-state index is 0.141. The first-order valence-electron chi connectivity index (χ1n) is 9.78. The van der Waals surface area contributed by atoms with Gasteiger partial charge in [0.15, 0.2) is 0 Å². The summed E-state index contributed by atoms with van der Waals surface area (Å²) in [6.45, 7) is 4.35. The van der Waals surface area contributed by atoms with Crippen LogP contribution in [0.15, 0.2) is 67.0 Å². The van der Waals surface area contributed by atoms with Crippen molar-refractivity contribution in [3.05, 3.63) is 89.5 Å². The van der Waals surface area contributed by atoms with Crippen LogP contribution in [-0.4, -0.2) is 35.9 Å². The molecule has 8 heteroatoms. The third-order valence-corrected chi connectivity index (χ3v) is 5.14. The number of carbonyl (C=O) groups is 1. The Labute approximate surface area is 174 Å². The standard InChI is InChI=1S/C22H23N7O/c1-16-20(17(2)29(25-16)19-11-7-4-8-12-19)14-23-22(30)21(28-15-24-26-27-28)13-18-9-5-3-6-10-18/h3-12,15,21H,13-14H2,1-2H3,(H,23,30). The number of aromatic nitrogens is 6. The average molecular weight is 401 g/mol. The van der Waals surface area contributed by atoms with Gasteiger partial charge in [0.25, 0.3) is 0 Å². The summed E-state index contributed by atoms with van der Waals surface area (Å²) in [4.78, 5) is 13.1. The Morgan fingerprint density at radius 1 is 1.03 bits per heavy atom. The van der Waals surface area contributed by atoms with Crippen LogP contribution in [0, 0.1) is 13.8 Å². The van der Waals surface area contributed by atoms with Crippen molar-refractivity contribution in [2.45, 2.75) is 32.9 Å². The molecule has 0 aliphatic rings. The minimum Gasteiger partial charge on any atom is -0.350 e. The van der Waals surface area contributed by atoms with Gasteiger partial charge in [-0.3, -0.25) is 4.79 Å². The molecule has 0 fully saturated rings. The Hall–Kier alpha value is -3.81. The number of tetrazole rings is 1. The van der Waals surface area contributed by atoms with Gasteiger partial charge in [-0.2, -0.15) is 5.10 Å². The summed E-state index contributed by atoms with van der Waals surface area (Å²) in [7, 11) is 0. The lowest BCUT2D eigenvalue weighted by Gasteiger charge is -2.16. The van der Waals surface area contributed by atoms with Crippen molar-refractivity contribution in [3.8, 4) is 5.69 Å². The van der Waals surface area contributed by atoms with Gasteiger partial charge >= 0.3 is 0 Å². The highest BCUT2D eigenvalue weighted by atomic mass is 16.2. The number of benzene rings is 2. The Morgan fingerprint density at radius 3 is 2.40 bits per heavy atom. The van der Waals surface area contributed by atoms with Gasteiger partial charge in [0.1, 0.15) is 12.4 Å². The third kappa shape index (κ3) is 4.12. The van der Waals surface area contributed by atoms with Gasteiger partial charge in [-0.25, -0.2) is 9.36 Å². The highest BCUT2D eigenvalue weighted by molar-refractivity contribution is 5.80. The van der Waals surface area contributed by atoms with Crippen LogP contribution in [0.1, 0.15) is 28.6 Å². The predicted molar refractivity (Wildman–Crippen MR) is 112 cm³/mol. The molecule has 0 aliphatic carbocycles. The number of nitrogens with zero attached hydrogens (tertiary/aromatic N) is 6. The van der Waals surface area contributed by atoms with Crippen LogP contribution in [-0.2, 0) is 17.8 Å². The molecule has 4 rings (SSSR count). The lowest BCUT2D eigenvalue weighted by molar-refractivity contribution is -0.124. The van der Waals surface area contributed by atoms with E-state index in [0.29, 0.717) is 13.0 Å². The van der Waals surface area contributed by atoms with Gasteiger partial charge in [-0.15, -0.1) is 5.10 Å². The minimum atomic E-state index is -0.535. The van der Waals surface area contributed by atoms with Gasteiger partial charge in [0.05, 0.1) is 11.4 Å². The lowest BCUT2D eigenvalue weighted by Crippen LogP contribution is -2.34. The Balaban J connectivity index is 1.52. The average Bonchev–Trinajstić information content (AvgIpc) is 3.40. The highest BCUT2D eigenvalue weighted by Crippen LogP contribution is 2.19. The SMILES string of the molecule is Cc1nn(-c2ccccc2)c(C)c1CNC(=O)C(Cc1ccccc1)n1cnnn1. The smallest absolute Gasteiger partial charge is 0.245 e. The lowest BCUT2D eigenvalue weighted by atomic mass is 10.1. The van der Waals surface area contributed by atoms with Gasteiger partial charge in [-0.05, 0) is 42.0 Å². The van der Waals surface area contributed by atoms with Gasteiger partial charge in [0, 0.05) is 24.2 Å². The molecule has 1 amide bonds. The number of rotatable bonds is 7. The summed E-state index contributed by atoms with van der Waals surface area (Å²) in [5.74, 6) is -0.141. The van der Waals surface area contributed by atoms with Crippen LogP contribution in [0.5, 0.6) is 0 Å². The van der Waals surface area contributed by atoms with Crippen LogP contribution in [0.3, 0.4) is 0 Å². The monoisotopic (exact) mass is 401 g/mol. The molecule has 0 saturated heterocycles. The maximum Gasteiger partial charge on any atom is 0.245 e. The van der Waals surface area contributed by atoms with Crippen molar-refractivity contribution in [1.29, 1.82) is 0 Å². The molecular weight excluding hydrogens is 378 g/mol. The van der Waals surface area contributed by atoms with Gasteiger partial charge in [0.2, 0.25) is 5.91 Å². The first-order chi connectivity index (χ1) is 14.6. The molecule has 8 nitrogen and oxygen atoms in total. The van der Waals surface area contributed by atoms with E-state index in [0.717, 1.165) is 28.2 Å². The van der Waals surface area contributed by atoms with Gasteiger partial charge in [-0.1, -0.05) is 48.5 Å². The summed E-state index contributed by atoms with van der Waals surface area (Å²) in [6, 6.07) is 19.3. The summed E-state index contributed by atoms with van der Waals surface area (Å²) in [5.41, 5.74) is 4.92. The molecule has 2 aromatic carbocycles. The first-order valence-corrected chi connectivity index (χ1v) is 9.78. The van der Waals surface area contributed by atoms with E-state index in [1.807, 2.05) is 79.2 Å². The fourth-order valence-corrected chi connectivity index (χ4v) is 3.50. The zero-order chi connectivity index (χ0) is 20.9. The molecule has 152 valence electrons. The molecule has 0 aliphatic heterocycles. The number of hydrogen-bond acceptors (Lipinski definition) is 5. The first kappa shape index (κ1) is 19.5. The topological polar surface area (TPSA) is 90.5 Å². The molecule has 0 bridgehead atoms.